The number of nitrogens with two attached hydrogens (primary N) is 2. The molecule has 0 aromatic heterocycles. The van der Waals surface area contributed by atoms with Crippen LogP contribution in [0.15, 0.2) is 16.6 Å². The van der Waals surface area contributed by atoms with Crippen LogP contribution in [0.3, 0.4) is 0 Å². The number of carbonyl (C=O) groups excluding carboxylic acids is 2. The number of amides is 2. The molecule has 2 aromatic rings. The van der Waals surface area contributed by atoms with Gasteiger partial charge in [-0.3, -0.25) is 0 Å². The topological polar surface area (TPSA) is 148 Å². The first-order valence-corrected chi connectivity index (χ1v) is 17.5. The Morgan fingerprint density at radius 2 is 1.37 bits per heavy atom. The molecule has 6 rings (SSSR count). The van der Waals surface area contributed by atoms with E-state index in [4.69, 9.17) is 39.9 Å². The zero-order valence-corrected chi connectivity index (χ0v) is 31.4. The van der Waals surface area contributed by atoms with Crippen LogP contribution < -0.4 is 30.4 Å². The lowest BCUT2D eigenvalue weighted by Crippen LogP contribution is -2.41. The third-order valence-electron chi connectivity index (χ3n) is 8.68. The van der Waals surface area contributed by atoms with Crippen LogP contribution in [0, 0.1) is 13.8 Å². The highest BCUT2D eigenvalue weighted by Crippen LogP contribution is 2.50. The highest BCUT2D eigenvalue weighted by molar-refractivity contribution is 9.10. The summed E-state index contributed by atoms with van der Waals surface area (Å²) >= 11 is 3.55. The van der Waals surface area contributed by atoms with Crippen molar-refractivity contribution in [3.8, 4) is 23.0 Å². The molecule has 4 aliphatic rings. The van der Waals surface area contributed by atoms with E-state index in [-0.39, 0.29) is 25.8 Å². The molecule has 0 bridgehead atoms. The molecule has 0 atom stereocenters. The molecule has 0 unspecified atom stereocenters. The Balaban J connectivity index is 0.000000191. The van der Waals surface area contributed by atoms with Gasteiger partial charge >= 0.3 is 12.2 Å². The lowest BCUT2D eigenvalue weighted by atomic mass is 9.85. The monoisotopic (exact) mass is 744 g/mol. The van der Waals surface area contributed by atoms with Gasteiger partial charge in [0, 0.05) is 41.8 Å². The van der Waals surface area contributed by atoms with Gasteiger partial charge in [0.25, 0.3) is 0 Å². The Morgan fingerprint density at radius 3 is 1.94 bits per heavy atom. The van der Waals surface area contributed by atoms with E-state index in [9.17, 15) is 9.59 Å². The molecule has 1 saturated heterocycles. The lowest BCUT2D eigenvalue weighted by Gasteiger charge is -2.34. The van der Waals surface area contributed by atoms with E-state index in [1.807, 2.05) is 67.5 Å². The van der Waals surface area contributed by atoms with E-state index in [0.29, 0.717) is 67.1 Å². The van der Waals surface area contributed by atoms with Gasteiger partial charge in [-0.15, -0.1) is 0 Å². The summed E-state index contributed by atoms with van der Waals surface area (Å²) in [5.74, 6) is 3.05. The molecule has 13 heteroatoms. The van der Waals surface area contributed by atoms with Crippen LogP contribution in [0.1, 0.15) is 89.0 Å². The van der Waals surface area contributed by atoms with E-state index in [0.717, 1.165) is 45.3 Å². The minimum atomic E-state index is -0.495. The first kappa shape index (κ1) is 36.3. The highest BCUT2D eigenvalue weighted by Gasteiger charge is 2.33. The number of aryl methyl sites for hydroxylation is 1. The molecule has 4 N–H and O–H groups in total. The Morgan fingerprint density at radius 1 is 0.816 bits per heavy atom. The summed E-state index contributed by atoms with van der Waals surface area (Å²) in [5, 5.41) is 0. The lowest BCUT2D eigenvalue weighted by molar-refractivity contribution is 0.0202. The Kier molecular flexibility index (Phi) is 10.4. The van der Waals surface area contributed by atoms with Crippen LogP contribution >= 0.6 is 15.9 Å². The Labute approximate surface area is 297 Å². The van der Waals surface area contributed by atoms with Crippen molar-refractivity contribution in [2.75, 3.05) is 51.2 Å². The SMILES string of the molecule is Cc1c(Br)c(N)c2c(c1C1=CCN(C(=O)OC(C)(C)C)CC1)OCO2.Cc1cc(N)c2c(c1C1CCN(C(=O)OC(C)(C)C)CC1)OCO2. The summed E-state index contributed by atoms with van der Waals surface area (Å²) in [7, 11) is 0. The van der Waals surface area contributed by atoms with Crippen LogP contribution in [0.4, 0.5) is 21.0 Å². The number of nitrogens with zero attached hydrogens (tertiary/aromatic N) is 2. The van der Waals surface area contributed by atoms with Gasteiger partial charge in [-0.25, -0.2) is 9.59 Å². The minimum absolute atomic E-state index is 0.166. The zero-order valence-electron chi connectivity index (χ0n) is 29.8. The fourth-order valence-corrected chi connectivity index (χ4v) is 6.83. The molecule has 0 aliphatic carbocycles. The number of ether oxygens (including phenoxy) is 6. The second kappa shape index (κ2) is 14.1. The van der Waals surface area contributed by atoms with Gasteiger partial charge in [0.15, 0.2) is 23.0 Å². The summed E-state index contributed by atoms with van der Waals surface area (Å²) in [6.45, 7) is 18.1. The minimum Gasteiger partial charge on any atom is -0.453 e. The van der Waals surface area contributed by atoms with Crippen molar-refractivity contribution in [3.63, 3.8) is 0 Å². The van der Waals surface area contributed by atoms with Crippen molar-refractivity contribution in [2.24, 2.45) is 0 Å². The van der Waals surface area contributed by atoms with E-state index in [2.05, 4.69) is 15.9 Å². The van der Waals surface area contributed by atoms with Crippen LogP contribution in [-0.4, -0.2) is 73.0 Å². The molecule has 12 nitrogen and oxygen atoms in total. The number of benzene rings is 2. The van der Waals surface area contributed by atoms with E-state index in [1.165, 1.54) is 5.56 Å². The largest absolute Gasteiger partial charge is 0.453 e. The van der Waals surface area contributed by atoms with Gasteiger partial charge in [0.1, 0.15) is 11.2 Å². The number of hydrogen-bond acceptors (Lipinski definition) is 10. The number of halogens is 1. The van der Waals surface area contributed by atoms with Gasteiger partial charge in [-0.05, 0) is 119 Å². The van der Waals surface area contributed by atoms with Crippen molar-refractivity contribution in [1.82, 2.24) is 9.80 Å². The highest BCUT2D eigenvalue weighted by atomic mass is 79.9. The normalized spacial score (nSPS) is 17.3. The molecule has 4 heterocycles. The fraction of sp³-hybridized carbons (Fsp3) is 0.556. The number of rotatable bonds is 2. The van der Waals surface area contributed by atoms with Crippen molar-refractivity contribution in [1.29, 1.82) is 0 Å². The van der Waals surface area contributed by atoms with Gasteiger partial charge in [0.05, 0.1) is 11.4 Å². The van der Waals surface area contributed by atoms with E-state index in [1.54, 1.807) is 9.80 Å². The molecule has 0 saturated carbocycles. The van der Waals surface area contributed by atoms with Crippen molar-refractivity contribution < 1.29 is 38.0 Å². The number of anilines is 2. The summed E-state index contributed by atoms with van der Waals surface area (Å²) in [6, 6.07) is 1.95. The average molecular weight is 746 g/mol. The van der Waals surface area contributed by atoms with Crippen molar-refractivity contribution >= 4 is 45.1 Å². The number of carbonyl (C=O) groups is 2. The van der Waals surface area contributed by atoms with E-state index >= 15 is 0 Å². The number of piperidine rings is 1. The van der Waals surface area contributed by atoms with Gasteiger partial charge in [0.2, 0.25) is 13.6 Å². The van der Waals surface area contributed by atoms with Crippen molar-refractivity contribution in [3.05, 3.63) is 38.9 Å². The average Bonchev–Trinajstić information content (AvgIpc) is 3.70. The summed E-state index contributed by atoms with van der Waals surface area (Å²) < 4.78 is 34.1. The second-order valence-corrected chi connectivity index (χ2v) is 15.5. The van der Waals surface area contributed by atoms with Gasteiger partial charge in [-0.2, -0.15) is 0 Å². The molecule has 0 radical (unpaired) electrons. The van der Waals surface area contributed by atoms with Crippen LogP contribution in [0.25, 0.3) is 5.57 Å². The van der Waals surface area contributed by atoms with Crippen LogP contribution in [-0.2, 0) is 9.47 Å². The standard InChI is InChI=1S/C18H23BrN2O4.C18H26N2O4/c1-10-12(15-16(24-9-23-15)14(20)13(10)19)11-5-7-21(8-6-11)17(22)25-18(2,3)4;1-11-9-13(19)15-16(23-10-22-15)14(11)12-5-7-20(8-6-12)17(21)24-18(2,3)4/h5H,6-9,20H2,1-4H3;9,12H,5-8,10,19H2,1-4H3. The van der Waals surface area contributed by atoms with Crippen molar-refractivity contribution in [2.45, 2.75) is 91.8 Å². The molecule has 49 heavy (non-hydrogen) atoms. The third-order valence-corrected chi connectivity index (χ3v) is 9.70. The van der Waals surface area contributed by atoms with Crippen LogP contribution in [0.2, 0.25) is 0 Å². The predicted octanol–water partition coefficient (Wildman–Crippen LogP) is 7.51. The fourth-order valence-electron chi connectivity index (χ4n) is 6.45. The molecule has 2 amide bonds. The molecule has 1 fully saturated rings. The number of likely N-dealkylation sites (tertiary alicyclic amines) is 1. The summed E-state index contributed by atoms with van der Waals surface area (Å²) in [4.78, 5) is 27.9. The smallest absolute Gasteiger partial charge is 0.410 e. The molecular formula is C36H49BrN4O8. The summed E-state index contributed by atoms with van der Waals surface area (Å²) in [5.41, 5.74) is 17.8. The molecule has 2 aromatic carbocycles. The number of nitrogen functional groups attached to an aromatic ring is 2. The van der Waals surface area contributed by atoms with Gasteiger partial charge in [-0.1, -0.05) is 6.08 Å². The molecule has 0 spiro atoms. The first-order chi connectivity index (χ1) is 22.9. The summed E-state index contributed by atoms with van der Waals surface area (Å²) in [6.07, 6.45) is 3.98. The Bertz CT molecular complexity index is 1640. The maximum absolute atomic E-state index is 12.2. The molecular weight excluding hydrogens is 696 g/mol. The number of fused-ring (bicyclic) bond motifs is 2. The quantitative estimate of drug-likeness (QED) is 0.296. The zero-order chi connectivity index (χ0) is 35.8. The molecule has 268 valence electrons. The molecule has 4 aliphatic heterocycles. The number of hydrogen-bond donors (Lipinski definition) is 2. The second-order valence-electron chi connectivity index (χ2n) is 14.7. The van der Waals surface area contributed by atoms with E-state index < -0.39 is 11.2 Å². The van der Waals surface area contributed by atoms with Crippen LogP contribution in [0.5, 0.6) is 23.0 Å². The third kappa shape index (κ3) is 8.08. The predicted molar refractivity (Wildman–Crippen MR) is 191 cm³/mol. The first-order valence-electron chi connectivity index (χ1n) is 16.7. The maximum Gasteiger partial charge on any atom is 0.410 e. The van der Waals surface area contributed by atoms with Gasteiger partial charge < -0.3 is 49.7 Å². The Hall–Kier alpha value is -4.00. The maximum atomic E-state index is 12.2.